The Kier molecular flexibility index (Phi) is 5.58. The zero-order chi connectivity index (χ0) is 15.9. The number of rotatable bonds is 6. The first-order chi connectivity index (χ1) is 10.6. The maximum atomic E-state index is 6.03. The van der Waals surface area contributed by atoms with Crippen molar-refractivity contribution in [2.75, 3.05) is 11.9 Å². The second-order valence-corrected chi connectivity index (χ2v) is 5.33. The second kappa shape index (κ2) is 7.64. The fourth-order valence-corrected chi connectivity index (χ4v) is 2.43. The van der Waals surface area contributed by atoms with Gasteiger partial charge in [0.25, 0.3) is 0 Å². The normalized spacial score (nSPS) is 11.7. The highest BCUT2D eigenvalue weighted by Gasteiger charge is 2.06. The van der Waals surface area contributed by atoms with Crippen molar-refractivity contribution in [3.8, 4) is 0 Å². The van der Waals surface area contributed by atoms with Gasteiger partial charge in [-0.2, -0.15) is 5.10 Å². The number of nitrogens with two attached hydrogens (primary N) is 1. The molecule has 0 atom stereocenters. The first kappa shape index (κ1) is 16.1. The Bertz CT molecular complexity index is 620. The van der Waals surface area contributed by atoms with Gasteiger partial charge in [-0.15, -0.1) is 0 Å². The van der Waals surface area contributed by atoms with E-state index < -0.39 is 0 Å². The summed E-state index contributed by atoms with van der Waals surface area (Å²) < 4.78 is 1.88. The Morgan fingerprint density at radius 3 is 2.50 bits per heavy atom. The quantitative estimate of drug-likeness (QED) is 0.636. The van der Waals surface area contributed by atoms with E-state index in [0.29, 0.717) is 12.5 Å². The number of aryl methyl sites for hydroxylation is 3. The van der Waals surface area contributed by atoms with Crippen molar-refractivity contribution < 1.29 is 0 Å². The summed E-state index contributed by atoms with van der Waals surface area (Å²) in [5.41, 5.74) is 10.8. The molecule has 22 heavy (non-hydrogen) atoms. The van der Waals surface area contributed by atoms with E-state index in [1.165, 1.54) is 11.1 Å². The van der Waals surface area contributed by atoms with E-state index in [0.717, 1.165) is 30.6 Å². The van der Waals surface area contributed by atoms with E-state index in [1.54, 1.807) is 0 Å². The monoisotopic (exact) mass is 299 g/mol. The SMILES string of the molecule is CCc1cccc(CC)c1NC(N)=NCCn1cc(C)cn1. The van der Waals surface area contributed by atoms with Crippen molar-refractivity contribution in [1.82, 2.24) is 9.78 Å². The lowest BCUT2D eigenvalue weighted by molar-refractivity contribution is 0.625. The predicted octanol–water partition coefficient (Wildman–Crippen LogP) is 2.74. The molecule has 1 heterocycles. The van der Waals surface area contributed by atoms with Crippen molar-refractivity contribution in [3.63, 3.8) is 0 Å². The number of guanidine groups is 1. The van der Waals surface area contributed by atoms with Gasteiger partial charge in [-0.1, -0.05) is 32.0 Å². The van der Waals surface area contributed by atoms with Crippen LogP contribution in [-0.4, -0.2) is 22.3 Å². The lowest BCUT2D eigenvalue weighted by Gasteiger charge is -2.14. The van der Waals surface area contributed by atoms with Crippen LogP contribution >= 0.6 is 0 Å². The van der Waals surface area contributed by atoms with Crippen LogP contribution in [0.4, 0.5) is 5.69 Å². The molecule has 0 aliphatic rings. The molecule has 0 bridgehead atoms. The van der Waals surface area contributed by atoms with E-state index in [-0.39, 0.29) is 0 Å². The van der Waals surface area contributed by atoms with Crippen molar-refractivity contribution in [2.45, 2.75) is 40.2 Å². The van der Waals surface area contributed by atoms with Gasteiger partial charge in [0, 0.05) is 11.9 Å². The largest absolute Gasteiger partial charge is 0.370 e. The summed E-state index contributed by atoms with van der Waals surface area (Å²) in [4.78, 5) is 4.40. The molecule has 0 saturated carbocycles. The van der Waals surface area contributed by atoms with Crippen LogP contribution in [-0.2, 0) is 19.4 Å². The van der Waals surface area contributed by atoms with E-state index in [1.807, 2.05) is 24.0 Å². The number of para-hydroxylation sites is 1. The fraction of sp³-hybridized carbons (Fsp3) is 0.412. The fourth-order valence-electron chi connectivity index (χ4n) is 2.43. The number of aliphatic imine (C=N–C) groups is 1. The summed E-state index contributed by atoms with van der Waals surface area (Å²) in [6.45, 7) is 7.65. The van der Waals surface area contributed by atoms with E-state index in [2.05, 4.69) is 47.5 Å². The molecule has 0 radical (unpaired) electrons. The van der Waals surface area contributed by atoms with Gasteiger partial charge >= 0.3 is 0 Å². The molecule has 0 fully saturated rings. The van der Waals surface area contributed by atoms with Crippen LogP contribution < -0.4 is 11.1 Å². The molecule has 118 valence electrons. The van der Waals surface area contributed by atoms with Crippen LogP contribution in [0.5, 0.6) is 0 Å². The first-order valence-corrected chi connectivity index (χ1v) is 7.80. The number of benzene rings is 1. The molecule has 1 aromatic heterocycles. The molecule has 5 nitrogen and oxygen atoms in total. The maximum Gasteiger partial charge on any atom is 0.193 e. The molecule has 2 rings (SSSR count). The van der Waals surface area contributed by atoms with E-state index in [4.69, 9.17) is 5.73 Å². The minimum atomic E-state index is 0.458. The van der Waals surface area contributed by atoms with Gasteiger partial charge in [0.05, 0.1) is 19.3 Å². The molecule has 0 aliphatic carbocycles. The van der Waals surface area contributed by atoms with Crippen molar-refractivity contribution >= 4 is 11.6 Å². The summed E-state index contributed by atoms with van der Waals surface area (Å²) in [6, 6.07) is 6.35. The molecule has 0 aliphatic heterocycles. The third kappa shape index (κ3) is 4.10. The number of nitrogens with zero attached hydrogens (tertiary/aromatic N) is 3. The molecule has 0 unspecified atom stereocenters. The first-order valence-electron chi connectivity index (χ1n) is 7.80. The van der Waals surface area contributed by atoms with Gasteiger partial charge in [0.1, 0.15) is 0 Å². The van der Waals surface area contributed by atoms with Crippen molar-refractivity contribution in [1.29, 1.82) is 0 Å². The standard InChI is InChI=1S/C17H25N5/c1-4-14-7-6-8-15(5-2)16(14)21-17(18)19-9-10-22-12-13(3)11-20-22/h6-8,11-12H,4-5,9-10H2,1-3H3,(H3,18,19,21). The third-order valence-electron chi connectivity index (χ3n) is 3.63. The molecular formula is C17H25N5. The molecule has 5 heteroatoms. The Labute approximate surface area is 132 Å². The lowest BCUT2D eigenvalue weighted by Crippen LogP contribution is -2.25. The highest BCUT2D eigenvalue weighted by atomic mass is 15.3. The molecule has 0 saturated heterocycles. The summed E-state index contributed by atoms with van der Waals surface area (Å²) in [5, 5.41) is 7.51. The zero-order valence-electron chi connectivity index (χ0n) is 13.6. The minimum Gasteiger partial charge on any atom is -0.370 e. The molecule has 0 spiro atoms. The van der Waals surface area contributed by atoms with E-state index in [9.17, 15) is 0 Å². The van der Waals surface area contributed by atoms with Gasteiger partial charge in [0.2, 0.25) is 0 Å². The Hall–Kier alpha value is -2.30. The average Bonchev–Trinajstić information content (AvgIpc) is 2.93. The van der Waals surface area contributed by atoms with Crippen LogP contribution in [0.15, 0.2) is 35.6 Å². The average molecular weight is 299 g/mol. The summed E-state index contributed by atoms with van der Waals surface area (Å²) in [5.74, 6) is 0.458. The number of hydrogen-bond acceptors (Lipinski definition) is 2. The minimum absolute atomic E-state index is 0.458. The van der Waals surface area contributed by atoms with Gasteiger partial charge in [0.15, 0.2) is 5.96 Å². The highest BCUT2D eigenvalue weighted by Crippen LogP contribution is 2.22. The van der Waals surface area contributed by atoms with Crippen molar-refractivity contribution in [2.24, 2.45) is 10.7 Å². The molecule has 2 aromatic rings. The van der Waals surface area contributed by atoms with Gasteiger partial charge in [-0.3, -0.25) is 9.67 Å². The van der Waals surface area contributed by atoms with Gasteiger partial charge < -0.3 is 11.1 Å². The van der Waals surface area contributed by atoms with Crippen LogP contribution in [0.25, 0.3) is 0 Å². The Morgan fingerprint density at radius 2 is 1.95 bits per heavy atom. The van der Waals surface area contributed by atoms with Crippen LogP contribution in [0.1, 0.15) is 30.5 Å². The highest BCUT2D eigenvalue weighted by molar-refractivity contribution is 5.93. The van der Waals surface area contributed by atoms with Crippen LogP contribution in [0.3, 0.4) is 0 Å². The molecule has 3 N–H and O–H groups in total. The van der Waals surface area contributed by atoms with Crippen molar-refractivity contribution in [3.05, 3.63) is 47.3 Å². The topological polar surface area (TPSA) is 68.2 Å². The Balaban J connectivity index is 2.01. The number of aromatic nitrogens is 2. The molecular weight excluding hydrogens is 274 g/mol. The van der Waals surface area contributed by atoms with Crippen LogP contribution in [0, 0.1) is 6.92 Å². The summed E-state index contributed by atoms with van der Waals surface area (Å²) in [6.07, 6.45) is 5.78. The van der Waals surface area contributed by atoms with Gasteiger partial charge in [-0.05, 0) is 36.5 Å². The summed E-state index contributed by atoms with van der Waals surface area (Å²) in [7, 11) is 0. The number of hydrogen-bond donors (Lipinski definition) is 2. The molecule has 0 amide bonds. The molecule has 1 aromatic carbocycles. The van der Waals surface area contributed by atoms with Gasteiger partial charge in [-0.25, -0.2) is 0 Å². The second-order valence-electron chi connectivity index (χ2n) is 5.33. The lowest BCUT2D eigenvalue weighted by atomic mass is 10.0. The number of anilines is 1. The van der Waals surface area contributed by atoms with E-state index >= 15 is 0 Å². The maximum absolute atomic E-state index is 6.03. The zero-order valence-corrected chi connectivity index (χ0v) is 13.6. The third-order valence-corrected chi connectivity index (χ3v) is 3.63. The number of nitrogens with one attached hydrogen (secondary N) is 1. The smallest absolute Gasteiger partial charge is 0.193 e. The summed E-state index contributed by atoms with van der Waals surface area (Å²) >= 11 is 0. The Morgan fingerprint density at radius 1 is 1.27 bits per heavy atom. The predicted molar refractivity (Wildman–Crippen MR) is 92.3 cm³/mol. The van der Waals surface area contributed by atoms with Crippen LogP contribution in [0.2, 0.25) is 0 Å².